The lowest BCUT2D eigenvalue weighted by molar-refractivity contribution is -0.828. The first-order valence-electron chi connectivity index (χ1n) is 14.7. The van der Waals surface area contributed by atoms with E-state index in [0.29, 0.717) is 0 Å². The Balaban J connectivity index is 0.000000726. The Morgan fingerprint density at radius 2 is 0.844 bits per heavy atom. The highest BCUT2D eigenvalue weighted by molar-refractivity contribution is 6.79. The molecule has 1 nitrogen and oxygen atoms in total. The van der Waals surface area contributed by atoms with Crippen molar-refractivity contribution in [3.63, 3.8) is 0 Å². The quantitative estimate of drug-likeness (QED) is 0.160. The summed E-state index contributed by atoms with van der Waals surface area (Å²) in [5, 5.41) is 0. The first-order chi connectivity index (χ1) is 15.6. The van der Waals surface area contributed by atoms with Crippen molar-refractivity contribution in [3.05, 3.63) is 30.3 Å². The van der Waals surface area contributed by atoms with E-state index >= 15 is 0 Å². The van der Waals surface area contributed by atoms with Gasteiger partial charge in [-0.25, -0.2) is 0 Å². The smallest absolute Gasteiger partial charge is 0.131 e. The minimum absolute atomic E-state index is 0.0383. The Bertz CT molecular complexity index is 437. The van der Waals surface area contributed by atoms with E-state index in [4.69, 9.17) is 0 Å². The van der Waals surface area contributed by atoms with E-state index in [9.17, 15) is 0 Å². The topological polar surface area (TPSA) is 4.44 Å². The van der Waals surface area contributed by atoms with E-state index < -0.39 is 0 Å². The van der Waals surface area contributed by atoms with Crippen molar-refractivity contribution in [3.8, 4) is 0 Å². The van der Waals surface area contributed by atoms with Crippen LogP contribution in [0.4, 0.5) is 5.69 Å². The van der Waals surface area contributed by atoms with Crippen LogP contribution in [0.25, 0.3) is 0 Å². The third kappa shape index (κ3) is 15.1. The normalized spacial score (nSPS) is 11.5. The summed E-state index contributed by atoms with van der Waals surface area (Å²) in [6.45, 7) is 16.2. The van der Waals surface area contributed by atoms with Gasteiger partial charge < -0.3 is 4.90 Å². The van der Waals surface area contributed by atoms with Crippen LogP contribution in [0, 0.1) is 0 Å². The van der Waals surface area contributed by atoms with Crippen LogP contribution in [0.1, 0.15) is 119 Å². The highest BCUT2D eigenvalue weighted by Gasteiger charge is 2.22. The molecule has 0 aliphatic rings. The van der Waals surface area contributed by atoms with Crippen molar-refractivity contribution >= 4 is 11.8 Å². The molecule has 1 N–H and O–H groups in total. The number of unbranched alkanes of at least 4 members (excludes halogenated alkanes) is 8. The minimum atomic E-state index is -0.0383. The maximum Gasteiger partial charge on any atom is 0.131 e. The Hall–Kier alpha value is -0.755. The van der Waals surface area contributed by atoms with E-state index in [1.165, 1.54) is 95.8 Å². The van der Waals surface area contributed by atoms with Crippen LogP contribution in [0.3, 0.4) is 0 Å². The molecule has 0 bridgehead atoms. The highest BCUT2D eigenvalue weighted by atomic mass is 15.1. The zero-order chi connectivity index (χ0) is 23.9. The SMILES string of the molecule is CCCCC[B-](CCCCC)(CCCCC)CCCCC.CC[NH+](CC)c1ccccc1. The van der Waals surface area contributed by atoms with Crippen molar-refractivity contribution in [1.29, 1.82) is 0 Å². The van der Waals surface area contributed by atoms with Crippen LogP contribution in [0.15, 0.2) is 30.3 Å². The molecular weight excluding hydrogens is 385 g/mol. The molecule has 1 rings (SSSR count). The van der Waals surface area contributed by atoms with Gasteiger partial charge in [0.15, 0.2) is 0 Å². The number of hydrogen-bond acceptors (Lipinski definition) is 0. The van der Waals surface area contributed by atoms with E-state index in [1.54, 1.807) is 30.2 Å². The number of rotatable bonds is 19. The number of nitrogens with one attached hydrogen (secondary N) is 1. The molecule has 0 unspecified atom stereocenters. The summed E-state index contributed by atoms with van der Waals surface area (Å²) in [6, 6.07) is 10.6. The van der Waals surface area contributed by atoms with Gasteiger partial charge in [0.25, 0.3) is 0 Å². The van der Waals surface area contributed by atoms with E-state index in [1.807, 2.05) is 0 Å². The molecule has 0 aliphatic heterocycles. The molecule has 1 aromatic carbocycles. The second-order valence-electron chi connectivity index (χ2n) is 10.4. The standard InChI is InChI=1S/C20H44B.C10H15N/c1-5-9-13-17-21(18-14-10-6-2,19-15-11-7-3)20-16-12-8-4;1-3-11(4-2)10-8-6-5-7-9-10/h5-20H2,1-4H3;5-9H,3-4H2,1-2H3/q-1;/p+1. The average molecular weight is 446 g/mol. The summed E-state index contributed by atoms with van der Waals surface area (Å²) in [7, 11) is 0. The zero-order valence-electron chi connectivity index (χ0n) is 23.2. The van der Waals surface area contributed by atoms with Crippen molar-refractivity contribution < 1.29 is 4.90 Å². The van der Waals surface area contributed by atoms with E-state index in [-0.39, 0.29) is 6.15 Å². The first-order valence-corrected chi connectivity index (χ1v) is 14.7. The summed E-state index contributed by atoms with van der Waals surface area (Å²) >= 11 is 0. The van der Waals surface area contributed by atoms with Crippen molar-refractivity contribution in [2.24, 2.45) is 0 Å². The van der Waals surface area contributed by atoms with Gasteiger partial charge in [-0.3, -0.25) is 0 Å². The zero-order valence-corrected chi connectivity index (χ0v) is 23.2. The van der Waals surface area contributed by atoms with Crippen molar-refractivity contribution in [1.82, 2.24) is 0 Å². The molecule has 0 amide bonds. The van der Waals surface area contributed by atoms with Crippen LogP contribution in [-0.4, -0.2) is 19.2 Å². The lowest BCUT2D eigenvalue weighted by Crippen LogP contribution is -3.06. The second kappa shape index (κ2) is 22.1. The predicted octanol–water partition coefficient (Wildman–Crippen LogP) is 9.44. The monoisotopic (exact) mass is 445 g/mol. The van der Waals surface area contributed by atoms with Gasteiger partial charge in [0.1, 0.15) is 5.69 Å². The number of benzene rings is 1. The number of hydrogen-bond donors (Lipinski definition) is 1. The van der Waals surface area contributed by atoms with Gasteiger partial charge >= 0.3 is 0 Å². The van der Waals surface area contributed by atoms with Crippen LogP contribution in [0.2, 0.25) is 25.3 Å². The molecule has 1 aromatic rings. The number of para-hydroxylation sites is 1. The molecular formula is C30H60BN. The first kappa shape index (κ1) is 31.2. The summed E-state index contributed by atoms with van der Waals surface area (Å²) < 4.78 is 0. The summed E-state index contributed by atoms with van der Waals surface area (Å²) in [5.74, 6) is 0. The summed E-state index contributed by atoms with van der Waals surface area (Å²) in [6.07, 6.45) is 23.6. The van der Waals surface area contributed by atoms with Crippen LogP contribution >= 0.6 is 0 Å². The van der Waals surface area contributed by atoms with Gasteiger partial charge in [-0.05, 0) is 26.0 Å². The molecule has 0 heterocycles. The Morgan fingerprint density at radius 1 is 0.500 bits per heavy atom. The van der Waals surface area contributed by atoms with Crippen LogP contribution in [0.5, 0.6) is 0 Å². The molecule has 0 aromatic heterocycles. The molecule has 0 saturated carbocycles. The average Bonchev–Trinajstić information content (AvgIpc) is 2.82. The molecule has 188 valence electrons. The molecule has 0 radical (unpaired) electrons. The van der Waals surface area contributed by atoms with Gasteiger partial charge in [-0.1, -0.05) is 123 Å². The fourth-order valence-corrected chi connectivity index (χ4v) is 5.51. The summed E-state index contributed by atoms with van der Waals surface area (Å²) in [4.78, 5) is 1.55. The molecule has 0 saturated heterocycles. The molecule has 0 atom stereocenters. The molecule has 0 spiro atoms. The molecule has 32 heavy (non-hydrogen) atoms. The fraction of sp³-hybridized carbons (Fsp3) is 0.800. The lowest BCUT2D eigenvalue weighted by atomic mass is 9.17. The van der Waals surface area contributed by atoms with Crippen LogP contribution in [-0.2, 0) is 0 Å². The Labute approximate surface area is 204 Å². The van der Waals surface area contributed by atoms with E-state index in [0.717, 1.165) is 0 Å². The fourth-order valence-electron chi connectivity index (χ4n) is 5.51. The minimum Gasteiger partial charge on any atom is -0.303 e. The van der Waals surface area contributed by atoms with Gasteiger partial charge in [-0.15, -0.1) is 0 Å². The van der Waals surface area contributed by atoms with Crippen molar-refractivity contribution in [2.45, 2.75) is 144 Å². The largest absolute Gasteiger partial charge is 0.303 e. The lowest BCUT2D eigenvalue weighted by Gasteiger charge is -2.40. The van der Waals surface area contributed by atoms with Crippen LogP contribution < -0.4 is 4.90 Å². The van der Waals surface area contributed by atoms with Crippen molar-refractivity contribution in [2.75, 3.05) is 13.1 Å². The predicted molar refractivity (Wildman–Crippen MR) is 151 cm³/mol. The van der Waals surface area contributed by atoms with Gasteiger partial charge in [0, 0.05) is 6.15 Å². The number of quaternary nitrogens is 1. The van der Waals surface area contributed by atoms with Gasteiger partial charge in [0.2, 0.25) is 0 Å². The molecule has 0 aliphatic carbocycles. The second-order valence-corrected chi connectivity index (χ2v) is 10.4. The molecule has 2 heteroatoms. The third-order valence-corrected chi connectivity index (χ3v) is 7.72. The maximum absolute atomic E-state index is 2.35. The van der Waals surface area contributed by atoms with Gasteiger partial charge in [0.05, 0.1) is 13.1 Å². The van der Waals surface area contributed by atoms with Gasteiger partial charge in [-0.2, -0.15) is 25.3 Å². The Morgan fingerprint density at radius 3 is 1.12 bits per heavy atom. The summed E-state index contributed by atoms with van der Waals surface area (Å²) in [5.41, 5.74) is 1.40. The maximum atomic E-state index is 2.35. The molecule has 0 fully saturated rings. The van der Waals surface area contributed by atoms with E-state index in [2.05, 4.69) is 71.9 Å². The Kier molecular flexibility index (Phi) is 21.5. The highest BCUT2D eigenvalue weighted by Crippen LogP contribution is 2.34. The third-order valence-electron chi connectivity index (χ3n) is 7.72.